The van der Waals surface area contributed by atoms with Gasteiger partial charge in [0.15, 0.2) is 0 Å². The van der Waals surface area contributed by atoms with E-state index in [0.717, 1.165) is 11.3 Å². The molecule has 0 saturated heterocycles. The third kappa shape index (κ3) is 4.08. The predicted octanol–water partition coefficient (Wildman–Crippen LogP) is 3.73. The zero-order valence-electron chi connectivity index (χ0n) is 12.3. The summed E-state index contributed by atoms with van der Waals surface area (Å²) in [5.41, 5.74) is 0.568. The number of hydrogen-bond donors (Lipinski definition) is 2. The van der Waals surface area contributed by atoms with Crippen molar-refractivity contribution in [1.82, 2.24) is 0 Å². The molecule has 2 rings (SSSR count). The van der Waals surface area contributed by atoms with Gasteiger partial charge in [-0.3, -0.25) is 4.79 Å². The smallest absolute Gasteiger partial charge is 0.345 e. The number of anilines is 1. The molecule has 0 spiro atoms. The van der Waals surface area contributed by atoms with E-state index in [1.807, 2.05) is 19.9 Å². The summed E-state index contributed by atoms with van der Waals surface area (Å²) in [5, 5.41) is 11.7. The molecule has 2 aromatic rings. The van der Waals surface area contributed by atoms with E-state index >= 15 is 0 Å². The summed E-state index contributed by atoms with van der Waals surface area (Å²) in [6.07, 6.45) is 0. The van der Waals surface area contributed by atoms with E-state index in [-0.39, 0.29) is 10.8 Å². The number of hydrogen-bond acceptors (Lipinski definition) is 4. The van der Waals surface area contributed by atoms with Crippen molar-refractivity contribution in [3.63, 3.8) is 0 Å². The molecule has 1 aromatic heterocycles. The summed E-state index contributed by atoms with van der Waals surface area (Å²) in [6, 6.07) is 10.1. The average molecular weight is 319 g/mol. The monoisotopic (exact) mass is 319 g/mol. The molecule has 6 heteroatoms. The van der Waals surface area contributed by atoms with Gasteiger partial charge in [0.05, 0.1) is 17.2 Å². The number of benzene rings is 1. The number of thiophene rings is 1. The molecule has 22 heavy (non-hydrogen) atoms. The lowest BCUT2D eigenvalue weighted by molar-refractivity contribution is 0.0702. The Bertz CT molecular complexity index is 678. The summed E-state index contributed by atoms with van der Waals surface area (Å²) in [4.78, 5) is 23.5. The van der Waals surface area contributed by atoms with E-state index in [9.17, 15) is 9.59 Å². The van der Waals surface area contributed by atoms with Gasteiger partial charge in [-0.25, -0.2) is 4.79 Å². The van der Waals surface area contributed by atoms with Crippen molar-refractivity contribution >= 4 is 28.9 Å². The lowest BCUT2D eigenvalue weighted by Crippen LogP contribution is -2.12. The minimum absolute atomic E-state index is 0.134. The van der Waals surface area contributed by atoms with Crippen molar-refractivity contribution in [2.45, 2.75) is 13.8 Å². The Kier molecular flexibility index (Phi) is 5.16. The van der Waals surface area contributed by atoms with E-state index in [2.05, 4.69) is 5.32 Å². The van der Waals surface area contributed by atoms with Crippen molar-refractivity contribution in [3.8, 4) is 5.75 Å². The third-order valence-corrected chi connectivity index (χ3v) is 3.82. The Hall–Kier alpha value is -2.34. The summed E-state index contributed by atoms with van der Waals surface area (Å²) >= 11 is 0.940. The summed E-state index contributed by atoms with van der Waals surface area (Å²) in [5.74, 6) is -0.415. The quantitative estimate of drug-likeness (QED) is 0.850. The topological polar surface area (TPSA) is 75.6 Å². The average Bonchev–Trinajstić information content (AvgIpc) is 2.96. The summed E-state index contributed by atoms with van der Waals surface area (Å²) in [6.45, 7) is 4.63. The van der Waals surface area contributed by atoms with Crippen LogP contribution in [0.3, 0.4) is 0 Å². The van der Waals surface area contributed by atoms with E-state index in [1.165, 1.54) is 12.1 Å². The number of carbonyl (C=O) groups excluding carboxylic acids is 1. The van der Waals surface area contributed by atoms with Gasteiger partial charge in [0.1, 0.15) is 10.6 Å². The Morgan fingerprint density at radius 1 is 1.18 bits per heavy atom. The lowest BCUT2D eigenvalue weighted by atomic mass is 10.2. The van der Waals surface area contributed by atoms with Gasteiger partial charge in [-0.05, 0) is 30.2 Å². The lowest BCUT2D eigenvalue weighted by Gasteiger charge is -2.13. The zero-order chi connectivity index (χ0) is 16.1. The van der Waals surface area contributed by atoms with Crippen molar-refractivity contribution in [1.29, 1.82) is 0 Å². The minimum Gasteiger partial charge on any atom is -0.491 e. The van der Waals surface area contributed by atoms with E-state index in [4.69, 9.17) is 9.84 Å². The van der Waals surface area contributed by atoms with Crippen LogP contribution in [0, 0.1) is 5.92 Å². The molecule has 116 valence electrons. The van der Waals surface area contributed by atoms with Crippen molar-refractivity contribution in [2.24, 2.45) is 5.92 Å². The molecule has 1 heterocycles. The normalized spacial score (nSPS) is 10.5. The molecule has 0 atom stereocenters. The Balaban J connectivity index is 2.12. The first-order chi connectivity index (χ1) is 10.5. The third-order valence-electron chi connectivity index (χ3n) is 2.75. The highest BCUT2D eigenvalue weighted by Crippen LogP contribution is 2.26. The van der Waals surface area contributed by atoms with Gasteiger partial charge >= 0.3 is 5.97 Å². The van der Waals surface area contributed by atoms with Crippen LogP contribution in [0.5, 0.6) is 5.75 Å². The number of amides is 1. The molecule has 0 aliphatic carbocycles. The van der Waals surface area contributed by atoms with Crippen LogP contribution in [-0.4, -0.2) is 23.6 Å². The molecule has 5 nitrogen and oxygen atoms in total. The number of nitrogens with one attached hydrogen (secondary N) is 1. The van der Waals surface area contributed by atoms with Crippen LogP contribution in [0.2, 0.25) is 0 Å². The number of carboxylic acids is 1. The molecular formula is C16H17NO4S. The van der Waals surface area contributed by atoms with Crippen LogP contribution in [0.1, 0.15) is 33.2 Å². The number of rotatable bonds is 6. The largest absolute Gasteiger partial charge is 0.491 e. The van der Waals surface area contributed by atoms with Crippen molar-refractivity contribution in [2.75, 3.05) is 11.9 Å². The maximum atomic E-state index is 12.2. The van der Waals surface area contributed by atoms with Gasteiger partial charge in [0.2, 0.25) is 0 Å². The fourth-order valence-electron chi connectivity index (χ4n) is 1.71. The predicted molar refractivity (Wildman–Crippen MR) is 86.0 cm³/mol. The first-order valence-electron chi connectivity index (χ1n) is 6.83. The van der Waals surface area contributed by atoms with Crippen molar-refractivity contribution in [3.05, 3.63) is 46.2 Å². The number of ether oxygens (including phenoxy) is 1. The first kappa shape index (κ1) is 16.0. The van der Waals surface area contributed by atoms with Gasteiger partial charge in [-0.1, -0.05) is 26.0 Å². The van der Waals surface area contributed by atoms with E-state index in [0.29, 0.717) is 28.8 Å². The fourth-order valence-corrected chi connectivity index (χ4v) is 2.45. The molecule has 0 aliphatic rings. The minimum atomic E-state index is -1.04. The van der Waals surface area contributed by atoms with Gasteiger partial charge in [0.25, 0.3) is 5.91 Å². The second-order valence-electron chi connectivity index (χ2n) is 5.12. The Morgan fingerprint density at radius 2 is 1.86 bits per heavy atom. The second-order valence-corrected chi connectivity index (χ2v) is 6.21. The molecule has 0 fully saturated rings. The van der Waals surface area contributed by atoms with E-state index in [1.54, 1.807) is 18.2 Å². The highest BCUT2D eigenvalue weighted by molar-refractivity contribution is 7.15. The molecule has 0 radical (unpaired) electrons. The molecule has 0 bridgehead atoms. The van der Waals surface area contributed by atoms with Crippen molar-refractivity contribution < 1.29 is 19.4 Å². The number of aromatic carboxylic acids is 1. The first-order valence-corrected chi connectivity index (χ1v) is 7.65. The molecule has 0 unspecified atom stereocenters. The summed E-state index contributed by atoms with van der Waals surface area (Å²) in [7, 11) is 0. The molecule has 0 saturated carbocycles. The Labute approximate surface area is 132 Å². The standard InChI is InChI=1S/C16H17NO4S/c1-10(2)9-21-12-6-4-3-5-11(12)17-15(18)13-7-8-14(22-13)16(19)20/h3-8,10H,9H2,1-2H3,(H,17,18)(H,19,20). The zero-order valence-corrected chi connectivity index (χ0v) is 13.1. The maximum Gasteiger partial charge on any atom is 0.345 e. The van der Waals surface area contributed by atoms with E-state index < -0.39 is 5.97 Å². The van der Waals surface area contributed by atoms with Gasteiger partial charge < -0.3 is 15.2 Å². The molecule has 2 N–H and O–H groups in total. The fraction of sp³-hybridized carbons (Fsp3) is 0.250. The molecular weight excluding hydrogens is 302 g/mol. The van der Waals surface area contributed by atoms with Gasteiger partial charge in [-0.2, -0.15) is 0 Å². The Morgan fingerprint density at radius 3 is 2.50 bits per heavy atom. The molecule has 1 aromatic carbocycles. The second kappa shape index (κ2) is 7.09. The highest BCUT2D eigenvalue weighted by atomic mass is 32.1. The molecule has 1 amide bonds. The van der Waals surface area contributed by atoms with Crippen LogP contribution >= 0.6 is 11.3 Å². The SMILES string of the molecule is CC(C)COc1ccccc1NC(=O)c1ccc(C(=O)O)s1. The number of carbonyl (C=O) groups is 2. The van der Waals surface area contributed by atoms with Gasteiger partial charge in [0, 0.05) is 0 Å². The van der Waals surface area contributed by atoms with Crippen LogP contribution in [0.15, 0.2) is 36.4 Å². The van der Waals surface area contributed by atoms with Crippen LogP contribution in [0.4, 0.5) is 5.69 Å². The summed E-state index contributed by atoms with van der Waals surface area (Å²) < 4.78 is 5.67. The highest BCUT2D eigenvalue weighted by Gasteiger charge is 2.14. The molecule has 0 aliphatic heterocycles. The maximum absolute atomic E-state index is 12.2. The van der Waals surface area contributed by atoms with Crippen LogP contribution < -0.4 is 10.1 Å². The number of para-hydroxylation sites is 2. The number of carboxylic acid groups (broad SMARTS) is 1. The van der Waals surface area contributed by atoms with Crippen LogP contribution in [-0.2, 0) is 0 Å². The van der Waals surface area contributed by atoms with Gasteiger partial charge in [-0.15, -0.1) is 11.3 Å². The van der Waals surface area contributed by atoms with Crippen LogP contribution in [0.25, 0.3) is 0 Å².